The SMILES string of the molecule is C[C@@]12CCC[C@H]1[C@@H]1C[C@@H]3O[C@@]34C[C@H](OC(=O)c3cc([N+](=O)[O-])cc([N+](=O)[O-])c3)CC[C@]4(C)[C@H]1CC2. The maximum Gasteiger partial charge on any atom is 0.338 e. The van der Waals surface area contributed by atoms with Crippen molar-refractivity contribution in [3.05, 3.63) is 44.0 Å². The second-order valence-electron chi connectivity index (χ2n) is 12.1. The number of nitro groups is 2. The van der Waals surface area contributed by atoms with Crippen molar-refractivity contribution in [3.63, 3.8) is 0 Å². The van der Waals surface area contributed by atoms with E-state index in [9.17, 15) is 25.0 Å². The van der Waals surface area contributed by atoms with Crippen LogP contribution in [0.5, 0.6) is 0 Å². The molecule has 0 radical (unpaired) electrons. The summed E-state index contributed by atoms with van der Waals surface area (Å²) in [6.07, 6.45) is 9.75. The molecule has 35 heavy (non-hydrogen) atoms. The van der Waals surface area contributed by atoms with E-state index in [-0.39, 0.29) is 28.8 Å². The summed E-state index contributed by atoms with van der Waals surface area (Å²) in [5, 5.41) is 22.4. The quantitative estimate of drug-likeness (QED) is 0.236. The van der Waals surface area contributed by atoms with Gasteiger partial charge in [-0.05, 0) is 68.1 Å². The van der Waals surface area contributed by atoms with Crippen LogP contribution in [0.4, 0.5) is 11.4 Å². The lowest BCUT2D eigenvalue weighted by Gasteiger charge is -2.58. The zero-order valence-electron chi connectivity index (χ0n) is 20.2. The predicted molar refractivity (Wildman–Crippen MR) is 125 cm³/mol. The standard InChI is InChI=1S/C26H32N2O7/c1-24-7-3-4-20(24)19-13-22-26(35-22)14-18(5-9-25(26,2)21(19)6-8-24)34-23(29)15-10-16(27(30)31)12-17(11-15)28(32)33/h10-12,18-22H,3-9,13-14H2,1-2H3/t18-,19+,20+,21+,22+,24+,25-,26+/m1/s1. The van der Waals surface area contributed by atoms with Gasteiger partial charge >= 0.3 is 5.97 Å². The molecule has 0 bridgehead atoms. The Morgan fingerprint density at radius 2 is 1.71 bits per heavy atom. The molecule has 5 aliphatic rings. The van der Waals surface area contributed by atoms with E-state index in [1.165, 1.54) is 32.1 Å². The number of benzene rings is 1. The highest BCUT2D eigenvalue weighted by Gasteiger charge is 2.76. The molecule has 0 unspecified atom stereocenters. The smallest absolute Gasteiger partial charge is 0.338 e. The summed E-state index contributed by atoms with van der Waals surface area (Å²) in [6, 6.07) is 2.94. The first-order chi connectivity index (χ1) is 16.6. The van der Waals surface area contributed by atoms with E-state index in [0.29, 0.717) is 30.1 Å². The van der Waals surface area contributed by atoms with E-state index in [1.807, 2.05) is 0 Å². The molecule has 5 fully saturated rings. The molecule has 1 aliphatic heterocycles. The Balaban J connectivity index is 1.20. The molecular weight excluding hydrogens is 452 g/mol. The first-order valence-corrected chi connectivity index (χ1v) is 12.9. The van der Waals surface area contributed by atoms with Crippen molar-refractivity contribution in [1.29, 1.82) is 0 Å². The molecular formula is C26H32N2O7. The number of non-ortho nitro benzene ring substituents is 2. The summed E-state index contributed by atoms with van der Waals surface area (Å²) in [5.41, 5.74) is -0.875. The number of fused-ring (bicyclic) bond motifs is 4. The molecule has 0 aromatic heterocycles. The Morgan fingerprint density at radius 1 is 1.00 bits per heavy atom. The van der Waals surface area contributed by atoms with Crippen LogP contribution in [-0.2, 0) is 9.47 Å². The fourth-order valence-electron chi connectivity index (χ4n) is 8.88. The first-order valence-electron chi connectivity index (χ1n) is 12.9. The van der Waals surface area contributed by atoms with Gasteiger partial charge in [0.05, 0.1) is 27.6 Å². The van der Waals surface area contributed by atoms with Gasteiger partial charge in [0.15, 0.2) is 0 Å². The van der Waals surface area contributed by atoms with Crippen LogP contribution >= 0.6 is 0 Å². The zero-order valence-corrected chi connectivity index (χ0v) is 20.2. The molecule has 1 aromatic carbocycles. The summed E-state index contributed by atoms with van der Waals surface area (Å²) in [4.78, 5) is 33.8. The Morgan fingerprint density at radius 3 is 2.40 bits per heavy atom. The maximum atomic E-state index is 12.9. The monoisotopic (exact) mass is 484 g/mol. The van der Waals surface area contributed by atoms with Gasteiger partial charge in [0.25, 0.3) is 11.4 Å². The van der Waals surface area contributed by atoms with E-state index in [1.54, 1.807) is 0 Å². The molecule has 9 nitrogen and oxygen atoms in total. The molecule has 6 rings (SSSR count). The van der Waals surface area contributed by atoms with Gasteiger partial charge < -0.3 is 9.47 Å². The van der Waals surface area contributed by atoms with Gasteiger partial charge in [-0.25, -0.2) is 4.79 Å². The molecule has 0 N–H and O–H groups in total. The molecule has 1 spiro atoms. The minimum atomic E-state index is -0.757. The van der Waals surface area contributed by atoms with Crippen LogP contribution in [0, 0.1) is 48.8 Å². The van der Waals surface area contributed by atoms with Crippen LogP contribution in [-0.4, -0.2) is 33.6 Å². The van der Waals surface area contributed by atoms with Crippen LogP contribution in [0.1, 0.15) is 82.0 Å². The van der Waals surface area contributed by atoms with Gasteiger partial charge in [0, 0.05) is 24.0 Å². The Labute approximate surface area is 203 Å². The van der Waals surface area contributed by atoms with Crippen LogP contribution in [0.2, 0.25) is 0 Å². The van der Waals surface area contributed by atoms with Crippen LogP contribution in [0.25, 0.3) is 0 Å². The highest BCUT2D eigenvalue weighted by molar-refractivity contribution is 5.91. The minimum absolute atomic E-state index is 0.0672. The Hall–Kier alpha value is -2.55. The number of epoxide rings is 1. The third-order valence-corrected chi connectivity index (χ3v) is 10.7. The average Bonchev–Trinajstić information content (AvgIpc) is 3.36. The number of carbonyl (C=O) groups is 1. The normalized spacial score (nSPS) is 43.2. The van der Waals surface area contributed by atoms with Crippen molar-refractivity contribution in [1.82, 2.24) is 0 Å². The summed E-state index contributed by atoms with van der Waals surface area (Å²) in [6.45, 7) is 4.89. The van der Waals surface area contributed by atoms with Gasteiger partial charge in [-0.15, -0.1) is 0 Å². The number of nitrogens with zero attached hydrogens (tertiary/aromatic N) is 2. The van der Waals surface area contributed by atoms with Crippen LogP contribution in [0.15, 0.2) is 18.2 Å². The van der Waals surface area contributed by atoms with Crippen molar-refractivity contribution < 1.29 is 24.1 Å². The van der Waals surface area contributed by atoms with E-state index >= 15 is 0 Å². The second kappa shape index (κ2) is 7.48. The lowest BCUT2D eigenvalue weighted by molar-refractivity contribution is -0.394. The summed E-state index contributed by atoms with van der Waals surface area (Å²) in [5.74, 6) is 1.38. The fourth-order valence-corrected chi connectivity index (χ4v) is 8.88. The first kappa shape index (κ1) is 22.9. The molecule has 8 atom stereocenters. The number of nitro benzene ring substituents is 2. The molecule has 1 aromatic rings. The van der Waals surface area contributed by atoms with Gasteiger partial charge in [-0.1, -0.05) is 20.3 Å². The van der Waals surface area contributed by atoms with Gasteiger partial charge in [-0.2, -0.15) is 0 Å². The number of ether oxygens (including phenoxy) is 2. The van der Waals surface area contributed by atoms with E-state index in [0.717, 1.165) is 37.0 Å². The molecule has 0 amide bonds. The number of hydrogen-bond donors (Lipinski definition) is 0. The topological polar surface area (TPSA) is 125 Å². The van der Waals surface area contributed by atoms with Crippen LogP contribution < -0.4 is 0 Å². The highest BCUT2D eigenvalue weighted by atomic mass is 16.6. The van der Waals surface area contributed by atoms with Gasteiger partial charge in [-0.3, -0.25) is 20.2 Å². The summed E-state index contributed by atoms with van der Waals surface area (Å²) < 4.78 is 12.3. The average molecular weight is 485 g/mol. The molecule has 1 saturated heterocycles. The maximum absolute atomic E-state index is 12.9. The number of carbonyl (C=O) groups excluding carboxylic acids is 1. The molecule has 1 heterocycles. The zero-order chi connectivity index (χ0) is 24.8. The Kier molecular flexibility index (Phi) is 4.89. The van der Waals surface area contributed by atoms with E-state index in [4.69, 9.17) is 9.47 Å². The van der Waals surface area contributed by atoms with Gasteiger partial charge in [0.1, 0.15) is 11.7 Å². The van der Waals surface area contributed by atoms with Crippen molar-refractivity contribution >= 4 is 17.3 Å². The number of hydrogen-bond acceptors (Lipinski definition) is 7. The molecule has 4 saturated carbocycles. The van der Waals surface area contributed by atoms with Gasteiger partial charge in [0.2, 0.25) is 0 Å². The Bertz CT molecular complexity index is 1090. The second-order valence-corrected chi connectivity index (χ2v) is 12.1. The summed E-state index contributed by atoms with van der Waals surface area (Å²) in [7, 11) is 0. The van der Waals surface area contributed by atoms with Crippen LogP contribution in [0.3, 0.4) is 0 Å². The van der Waals surface area contributed by atoms with E-state index in [2.05, 4.69) is 13.8 Å². The molecule has 4 aliphatic carbocycles. The largest absolute Gasteiger partial charge is 0.459 e. The third kappa shape index (κ3) is 3.26. The molecule has 188 valence electrons. The minimum Gasteiger partial charge on any atom is -0.459 e. The van der Waals surface area contributed by atoms with E-state index < -0.39 is 27.2 Å². The van der Waals surface area contributed by atoms with Crippen molar-refractivity contribution in [2.75, 3.05) is 0 Å². The van der Waals surface area contributed by atoms with Crippen molar-refractivity contribution in [2.24, 2.45) is 28.6 Å². The number of rotatable bonds is 4. The third-order valence-electron chi connectivity index (χ3n) is 10.7. The predicted octanol–water partition coefficient (Wildman–Crippen LogP) is 5.59. The van der Waals surface area contributed by atoms with Crippen molar-refractivity contribution in [2.45, 2.75) is 89.4 Å². The molecule has 9 heteroatoms. The van der Waals surface area contributed by atoms with Crippen molar-refractivity contribution in [3.8, 4) is 0 Å². The fraction of sp³-hybridized carbons (Fsp3) is 0.731. The number of esters is 1. The lowest BCUT2D eigenvalue weighted by Crippen LogP contribution is -2.58. The highest BCUT2D eigenvalue weighted by Crippen LogP contribution is 2.73. The summed E-state index contributed by atoms with van der Waals surface area (Å²) >= 11 is 0. The lowest BCUT2D eigenvalue weighted by atomic mass is 9.45.